The second-order valence-corrected chi connectivity index (χ2v) is 4.47. The lowest BCUT2D eigenvalue weighted by Gasteiger charge is -2.07. The van der Waals surface area contributed by atoms with Crippen molar-refractivity contribution in [3.05, 3.63) is 36.4 Å². The molecule has 0 unspecified atom stereocenters. The molecule has 0 aliphatic heterocycles. The fourth-order valence-corrected chi connectivity index (χ4v) is 1.95. The number of phenols is 1. The number of aromatic nitrogens is 1. The predicted octanol–water partition coefficient (Wildman–Crippen LogP) is 3.68. The summed E-state index contributed by atoms with van der Waals surface area (Å²) in [7, 11) is 0. The van der Waals surface area contributed by atoms with Crippen molar-refractivity contribution < 1.29 is 27.4 Å². The first kappa shape index (κ1) is 14.1. The van der Waals surface area contributed by atoms with Gasteiger partial charge in [-0.2, -0.15) is 0 Å². The van der Waals surface area contributed by atoms with Gasteiger partial charge in [-0.1, -0.05) is 0 Å². The molecule has 3 N–H and O–H groups in total. The summed E-state index contributed by atoms with van der Waals surface area (Å²) in [5.74, 6) is -0.476. The van der Waals surface area contributed by atoms with Crippen molar-refractivity contribution in [2.24, 2.45) is 0 Å². The van der Waals surface area contributed by atoms with Crippen molar-refractivity contribution in [2.75, 3.05) is 5.73 Å². The van der Waals surface area contributed by atoms with E-state index in [0.29, 0.717) is 5.69 Å². The van der Waals surface area contributed by atoms with Crippen molar-refractivity contribution in [3.8, 4) is 23.0 Å². The number of nitrogen functional groups attached to an aromatic ring is 1. The summed E-state index contributed by atoms with van der Waals surface area (Å²) < 4.78 is 45.8. The van der Waals surface area contributed by atoms with E-state index in [1.807, 2.05) is 0 Å². The fraction of sp³-hybridized carbons (Fsp3) is 0.0714. The molecule has 0 fully saturated rings. The molecule has 0 aliphatic rings. The second kappa shape index (κ2) is 4.83. The molecule has 5 nitrogen and oxygen atoms in total. The number of fused-ring (bicyclic) bond motifs is 1. The normalized spacial score (nSPS) is 11.8. The Morgan fingerprint density at radius 3 is 2.59 bits per heavy atom. The molecule has 3 aromatic rings. The molecule has 0 amide bonds. The number of nitrogens with zero attached hydrogens (tertiary/aromatic N) is 1. The molecule has 2 aromatic carbocycles. The summed E-state index contributed by atoms with van der Waals surface area (Å²) in [6.07, 6.45) is -4.78. The Bertz CT molecular complexity index is 843. The minimum absolute atomic E-state index is 0.0664. The van der Waals surface area contributed by atoms with Crippen LogP contribution in [0.3, 0.4) is 0 Å². The first-order valence-electron chi connectivity index (χ1n) is 6.07. The Balaban J connectivity index is 2.02. The van der Waals surface area contributed by atoms with Crippen molar-refractivity contribution in [1.82, 2.24) is 4.98 Å². The van der Waals surface area contributed by atoms with Crippen LogP contribution in [0, 0.1) is 0 Å². The van der Waals surface area contributed by atoms with Crippen LogP contribution in [0.15, 0.2) is 40.8 Å². The third-order valence-electron chi connectivity index (χ3n) is 2.84. The SMILES string of the molecule is Nc1ccc(-c2nc3cc(OC(F)(F)F)ccc3o2)c(O)c1. The van der Waals surface area contributed by atoms with Gasteiger partial charge >= 0.3 is 6.36 Å². The van der Waals surface area contributed by atoms with Gasteiger partial charge in [0.25, 0.3) is 0 Å². The number of anilines is 1. The van der Waals surface area contributed by atoms with E-state index in [-0.39, 0.29) is 28.3 Å². The Labute approximate surface area is 121 Å². The summed E-state index contributed by atoms with van der Waals surface area (Å²) in [6, 6.07) is 7.89. The van der Waals surface area contributed by atoms with E-state index in [9.17, 15) is 18.3 Å². The van der Waals surface area contributed by atoms with Gasteiger partial charge in [-0.05, 0) is 24.3 Å². The lowest BCUT2D eigenvalue weighted by Crippen LogP contribution is -2.16. The van der Waals surface area contributed by atoms with Crippen LogP contribution in [0.4, 0.5) is 18.9 Å². The molecule has 114 valence electrons. The summed E-state index contributed by atoms with van der Waals surface area (Å²) in [6.45, 7) is 0. The standard InChI is InChI=1S/C14H9F3N2O3/c15-14(16,17)22-8-2-4-12-10(6-8)19-13(21-12)9-3-1-7(18)5-11(9)20/h1-6,20H,18H2. The Kier molecular flexibility index (Phi) is 3.09. The Morgan fingerprint density at radius 2 is 1.91 bits per heavy atom. The maximum absolute atomic E-state index is 12.2. The minimum atomic E-state index is -4.78. The molecule has 22 heavy (non-hydrogen) atoms. The highest BCUT2D eigenvalue weighted by Crippen LogP contribution is 2.34. The van der Waals surface area contributed by atoms with Crippen LogP contribution in [-0.2, 0) is 0 Å². The highest BCUT2D eigenvalue weighted by molar-refractivity contribution is 5.79. The lowest BCUT2D eigenvalue weighted by molar-refractivity contribution is -0.274. The van der Waals surface area contributed by atoms with Crippen LogP contribution >= 0.6 is 0 Å². The third kappa shape index (κ3) is 2.76. The van der Waals surface area contributed by atoms with Gasteiger partial charge in [0.15, 0.2) is 5.58 Å². The molecular weight excluding hydrogens is 301 g/mol. The molecule has 8 heteroatoms. The van der Waals surface area contributed by atoms with Gasteiger partial charge in [-0.25, -0.2) is 4.98 Å². The van der Waals surface area contributed by atoms with E-state index in [0.717, 1.165) is 12.1 Å². The number of hydrogen-bond donors (Lipinski definition) is 2. The molecule has 0 atom stereocenters. The maximum Gasteiger partial charge on any atom is 0.573 e. The molecule has 0 bridgehead atoms. The zero-order valence-electron chi connectivity index (χ0n) is 10.9. The molecule has 0 aliphatic carbocycles. The van der Waals surface area contributed by atoms with Crippen LogP contribution < -0.4 is 10.5 Å². The zero-order chi connectivity index (χ0) is 15.9. The summed E-state index contributed by atoms with van der Waals surface area (Å²) in [4.78, 5) is 4.05. The summed E-state index contributed by atoms with van der Waals surface area (Å²) in [5.41, 5.74) is 6.60. The van der Waals surface area contributed by atoms with E-state index >= 15 is 0 Å². The highest BCUT2D eigenvalue weighted by Gasteiger charge is 2.31. The fourth-order valence-electron chi connectivity index (χ4n) is 1.95. The number of benzene rings is 2. The van der Waals surface area contributed by atoms with Crippen LogP contribution in [0.2, 0.25) is 0 Å². The number of phenolic OH excluding ortho intramolecular Hbond substituents is 1. The number of hydrogen-bond acceptors (Lipinski definition) is 5. The van der Waals surface area contributed by atoms with E-state index in [4.69, 9.17) is 10.2 Å². The molecule has 0 saturated heterocycles. The topological polar surface area (TPSA) is 81.5 Å². The van der Waals surface area contributed by atoms with Crippen molar-refractivity contribution in [1.29, 1.82) is 0 Å². The Morgan fingerprint density at radius 1 is 1.14 bits per heavy atom. The maximum atomic E-state index is 12.2. The molecule has 0 saturated carbocycles. The number of rotatable bonds is 2. The van der Waals surface area contributed by atoms with Crippen molar-refractivity contribution in [2.45, 2.75) is 6.36 Å². The number of halogens is 3. The predicted molar refractivity (Wildman–Crippen MR) is 72.2 cm³/mol. The second-order valence-electron chi connectivity index (χ2n) is 4.47. The average Bonchev–Trinajstić information content (AvgIpc) is 2.79. The van der Waals surface area contributed by atoms with Crippen LogP contribution in [0.1, 0.15) is 0 Å². The van der Waals surface area contributed by atoms with Crippen molar-refractivity contribution in [3.63, 3.8) is 0 Å². The van der Waals surface area contributed by atoms with E-state index < -0.39 is 12.1 Å². The monoisotopic (exact) mass is 310 g/mol. The van der Waals surface area contributed by atoms with Crippen LogP contribution in [0.5, 0.6) is 11.5 Å². The van der Waals surface area contributed by atoms with E-state index in [2.05, 4.69) is 9.72 Å². The number of alkyl halides is 3. The number of ether oxygens (including phenoxy) is 1. The quantitative estimate of drug-likeness (QED) is 0.706. The smallest absolute Gasteiger partial charge is 0.507 e. The number of aromatic hydroxyl groups is 1. The van der Waals surface area contributed by atoms with Gasteiger partial charge in [0, 0.05) is 17.8 Å². The van der Waals surface area contributed by atoms with Crippen LogP contribution in [0.25, 0.3) is 22.6 Å². The minimum Gasteiger partial charge on any atom is -0.507 e. The molecule has 0 radical (unpaired) electrons. The summed E-state index contributed by atoms with van der Waals surface area (Å²) in [5, 5.41) is 9.82. The summed E-state index contributed by atoms with van der Waals surface area (Å²) >= 11 is 0. The lowest BCUT2D eigenvalue weighted by atomic mass is 10.2. The zero-order valence-corrected chi connectivity index (χ0v) is 10.9. The van der Waals surface area contributed by atoms with Gasteiger partial charge < -0.3 is 20.0 Å². The molecule has 0 spiro atoms. The van der Waals surface area contributed by atoms with Gasteiger partial charge in [0.1, 0.15) is 17.0 Å². The Hall–Kier alpha value is -2.90. The van der Waals surface area contributed by atoms with Gasteiger partial charge in [0.05, 0.1) is 5.56 Å². The highest BCUT2D eigenvalue weighted by atomic mass is 19.4. The average molecular weight is 310 g/mol. The third-order valence-corrected chi connectivity index (χ3v) is 2.84. The van der Waals surface area contributed by atoms with Gasteiger partial charge in [0.2, 0.25) is 5.89 Å². The first-order valence-corrected chi connectivity index (χ1v) is 6.07. The van der Waals surface area contributed by atoms with Crippen molar-refractivity contribution >= 4 is 16.8 Å². The van der Waals surface area contributed by atoms with Gasteiger partial charge in [-0.15, -0.1) is 13.2 Å². The van der Waals surface area contributed by atoms with E-state index in [1.165, 1.54) is 18.2 Å². The van der Waals surface area contributed by atoms with Gasteiger partial charge in [-0.3, -0.25) is 0 Å². The molecule has 1 aromatic heterocycles. The number of oxazole rings is 1. The molecule has 3 rings (SSSR count). The molecular formula is C14H9F3N2O3. The van der Waals surface area contributed by atoms with E-state index in [1.54, 1.807) is 6.07 Å². The molecule has 1 heterocycles. The number of nitrogens with two attached hydrogens (primary N) is 1. The first-order chi connectivity index (χ1) is 10.3. The largest absolute Gasteiger partial charge is 0.573 e. The van der Waals surface area contributed by atoms with Crippen LogP contribution in [-0.4, -0.2) is 16.5 Å².